The summed E-state index contributed by atoms with van der Waals surface area (Å²) in [5.41, 5.74) is 1.07. The fraction of sp³-hybridized carbons (Fsp3) is 0.188. The summed E-state index contributed by atoms with van der Waals surface area (Å²) in [5.74, 6) is 0.506. The Kier molecular flexibility index (Phi) is 4.60. The zero-order valence-corrected chi connectivity index (χ0v) is 11.2. The summed E-state index contributed by atoms with van der Waals surface area (Å²) in [5, 5.41) is 8.93. The molecule has 0 aliphatic rings. The number of rotatable bonds is 6. The number of carboxylic acids is 1. The van der Waals surface area contributed by atoms with E-state index in [9.17, 15) is 4.79 Å². The van der Waals surface area contributed by atoms with E-state index < -0.39 is 5.97 Å². The van der Waals surface area contributed by atoms with Gasteiger partial charge in [0.1, 0.15) is 18.1 Å². The minimum atomic E-state index is -0.940. The van der Waals surface area contributed by atoms with Crippen LogP contribution in [-0.4, -0.2) is 17.7 Å². The third-order valence-corrected chi connectivity index (χ3v) is 2.70. The van der Waals surface area contributed by atoms with E-state index in [0.717, 1.165) is 11.3 Å². The van der Waals surface area contributed by atoms with Gasteiger partial charge in [0.25, 0.3) is 0 Å². The molecule has 0 saturated carbocycles. The largest absolute Gasteiger partial charge is 0.494 e. The third-order valence-electron chi connectivity index (χ3n) is 2.70. The first-order chi connectivity index (χ1) is 9.69. The van der Waals surface area contributed by atoms with Crippen molar-refractivity contribution in [2.75, 3.05) is 6.61 Å². The standard InChI is InChI=1S/C16H16O4/c1-2-19-14-7-4-8-15(10-14)20-11-12-5-3-6-13(9-12)16(17)18/h3-10H,2,11H2,1H3,(H,17,18). The van der Waals surface area contributed by atoms with Crippen LogP contribution in [0.3, 0.4) is 0 Å². The number of ether oxygens (including phenoxy) is 2. The van der Waals surface area contributed by atoms with Gasteiger partial charge in [0.2, 0.25) is 0 Å². The first kappa shape index (κ1) is 13.9. The molecule has 0 heterocycles. The molecule has 2 aromatic rings. The van der Waals surface area contributed by atoms with Gasteiger partial charge in [0.15, 0.2) is 0 Å². The van der Waals surface area contributed by atoms with Gasteiger partial charge in [-0.1, -0.05) is 18.2 Å². The molecule has 2 rings (SSSR count). The topological polar surface area (TPSA) is 55.8 Å². The van der Waals surface area contributed by atoms with Gasteiger partial charge in [-0.15, -0.1) is 0 Å². The van der Waals surface area contributed by atoms with Gasteiger partial charge in [-0.25, -0.2) is 4.79 Å². The molecule has 104 valence electrons. The summed E-state index contributed by atoms with van der Waals surface area (Å²) in [6, 6.07) is 14.1. The maximum atomic E-state index is 10.9. The van der Waals surface area contributed by atoms with Gasteiger partial charge < -0.3 is 14.6 Å². The lowest BCUT2D eigenvalue weighted by molar-refractivity contribution is 0.0696. The van der Waals surface area contributed by atoms with Gasteiger partial charge in [0, 0.05) is 6.07 Å². The van der Waals surface area contributed by atoms with Gasteiger partial charge in [-0.05, 0) is 36.8 Å². The summed E-state index contributed by atoms with van der Waals surface area (Å²) < 4.78 is 11.0. The van der Waals surface area contributed by atoms with E-state index in [1.807, 2.05) is 37.3 Å². The van der Waals surface area contributed by atoms with Crippen LogP contribution in [0, 0.1) is 0 Å². The molecule has 0 atom stereocenters. The number of hydrogen-bond acceptors (Lipinski definition) is 3. The molecular weight excluding hydrogens is 256 g/mol. The zero-order chi connectivity index (χ0) is 14.4. The van der Waals surface area contributed by atoms with E-state index in [-0.39, 0.29) is 5.56 Å². The Balaban J connectivity index is 2.03. The van der Waals surface area contributed by atoms with E-state index >= 15 is 0 Å². The molecule has 0 aliphatic carbocycles. The molecule has 4 nitrogen and oxygen atoms in total. The number of aromatic carboxylic acids is 1. The Morgan fingerprint density at radius 3 is 2.45 bits per heavy atom. The second-order valence-electron chi connectivity index (χ2n) is 4.20. The average molecular weight is 272 g/mol. The van der Waals surface area contributed by atoms with Crippen molar-refractivity contribution in [2.24, 2.45) is 0 Å². The lowest BCUT2D eigenvalue weighted by atomic mass is 10.1. The van der Waals surface area contributed by atoms with Crippen LogP contribution >= 0.6 is 0 Å². The number of carboxylic acid groups (broad SMARTS) is 1. The van der Waals surface area contributed by atoms with Crippen molar-refractivity contribution in [2.45, 2.75) is 13.5 Å². The van der Waals surface area contributed by atoms with Crippen molar-refractivity contribution < 1.29 is 19.4 Å². The SMILES string of the molecule is CCOc1cccc(OCc2cccc(C(=O)O)c2)c1. The van der Waals surface area contributed by atoms with E-state index in [0.29, 0.717) is 19.0 Å². The highest BCUT2D eigenvalue weighted by Gasteiger charge is 2.04. The van der Waals surface area contributed by atoms with Crippen LogP contribution < -0.4 is 9.47 Å². The van der Waals surface area contributed by atoms with Crippen LogP contribution in [0.2, 0.25) is 0 Å². The number of benzene rings is 2. The highest BCUT2D eigenvalue weighted by atomic mass is 16.5. The van der Waals surface area contributed by atoms with Crippen molar-refractivity contribution in [3.8, 4) is 11.5 Å². The minimum Gasteiger partial charge on any atom is -0.494 e. The summed E-state index contributed by atoms with van der Waals surface area (Å²) in [7, 11) is 0. The Morgan fingerprint density at radius 1 is 1.05 bits per heavy atom. The normalized spacial score (nSPS) is 10.1. The summed E-state index contributed by atoms with van der Waals surface area (Å²) in [6.45, 7) is 2.84. The first-order valence-electron chi connectivity index (χ1n) is 6.37. The van der Waals surface area contributed by atoms with Crippen LogP contribution in [0.15, 0.2) is 48.5 Å². The molecule has 0 fully saturated rings. The molecule has 0 radical (unpaired) electrons. The second kappa shape index (κ2) is 6.61. The fourth-order valence-corrected chi connectivity index (χ4v) is 1.78. The van der Waals surface area contributed by atoms with Gasteiger partial charge in [-0.3, -0.25) is 0 Å². The third kappa shape index (κ3) is 3.75. The highest BCUT2D eigenvalue weighted by Crippen LogP contribution is 2.20. The van der Waals surface area contributed by atoms with Crippen LogP contribution in [0.4, 0.5) is 0 Å². The Hall–Kier alpha value is -2.49. The molecule has 0 saturated heterocycles. The maximum Gasteiger partial charge on any atom is 0.335 e. The van der Waals surface area contributed by atoms with E-state index in [1.54, 1.807) is 18.2 Å². The van der Waals surface area contributed by atoms with Crippen LogP contribution in [0.25, 0.3) is 0 Å². The number of carbonyl (C=O) groups is 1. The molecule has 0 aliphatic heterocycles. The molecule has 4 heteroatoms. The number of hydrogen-bond donors (Lipinski definition) is 1. The molecule has 0 spiro atoms. The minimum absolute atomic E-state index is 0.258. The zero-order valence-electron chi connectivity index (χ0n) is 11.2. The molecule has 0 unspecified atom stereocenters. The molecule has 0 aromatic heterocycles. The Labute approximate surface area is 117 Å². The van der Waals surface area contributed by atoms with Crippen molar-refractivity contribution in [3.05, 3.63) is 59.7 Å². The predicted octanol–water partition coefficient (Wildman–Crippen LogP) is 3.36. The molecule has 0 bridgehead atoms. The first-order valence-corrected chi connectivity index (χ1v) is 6.37. The van der Waals surface area contributed by atoms with Crippen molar-refractivity contribution in [1.29, 1.82) is 0 Å². The van der Waals surface area contributed by atoms with Crippen LogP contribution in [0.5, 0.6) is 11.5 Å². The lowest BCUT2D eigenvalue weighted by Crippen LogP contribution is -2.00. The summed E-state index contributed by atoms with van der Waals surface area (Å²) >= 11 is 0. The average Bonchev–Trinajstić information content (AvgIpc) is 2.46. The maximum absolute atomic E-state index is 10.9. The van der Waals surface area contributed by atoms with E-state index in [4.69, 9.17) is 14.6 Å². The molecule has 1 N–H and O–H groups in total. The van der Waals surface area contributed by atoms with Crippen LogP contribution in [-0.2, 0) is 6.61 Å². The molecular formula is C16H16O4. The fourth-order valence-electron chi connectivity index (χ4n) is 1.78. The summed E-state index contributed by atoms with van der Waals surface area (Å²) in [6.07, 6.45) is 0. The quantitative estimate of drug-likeness (QED) is 0.876. The van der Waals surface area contributed by atoms with Crippen molar-refractivity contribution in [1.82, 2.24) is 0 Å². The van der Waals surface area contributed by atoms with Crippen molar-refractivity contribution in [3.63, 3.8) is 0 Å². The monoisotopic (exact) mass is 272 g/mol. The molecule has 20 heavy (non-hydrogen) atoms. The van der Waals surface area contributed by atoms with E-state index in [1.165, 1.54) is 0 Å². The molecule has 2 aromatic carbocycles. The molecule has 0 amide bonds. The van der Waals surface area contributed by atoms with Crippen LogP contribution in [0.1, 0.15) is 22.8 Å². The van der Waals surface area contributed by atoms with Gasteiger partial charge in [0.05, 0.1) is 12.2 Å². The predicted molar refractivity (Wildman–Crippen MR) is 75.3 cm³/mol. The van der Waals surface area contributed by atoms with Gasteiger partial charge >= 0.3 is 5.97 Å². The smallest absolute Gasteiger partial charge is 0.335 e. The Bertz CT molecular complexity index is 593. The lowest BCUT2D eigenvalue weighted by Gasteiger charge is -2.09. The van der Waals surface area contributed by atoms with Crippen molar-refractivity contribution >= 4 is 5.97 Å². The van der Waals surface area contributed by atoms with E-state index in [2.05, 4.69) is 0 Å². The van der Waals surface area contributed by atoms with Gasteiger partial charge in [-0.2, -0.15) is 0 Å². The Morgan fingerprint density at radius 2 is 1.75 bits per heavy atom. The highest BCUT2D eigenvalue weighted by molar-refractivity contribution is 5.87. The second-order valence-corrected chi connectivity index (χ2v) is 4.20. The summed E-state index contributed by atoms with van der Waals surface area (Å²) in [4.78, 5) is 10.9.